The maximum absolute atomic E-state index is 15.2. The number of alkyl halides is 5. The molecule has 22 nitrogen and oxygen atoms in total. The van der Waals surface area contributed by atoms with Crippen LogP contribution in [0.1, 0.15) is 178 Å². The van der Waals surface area contributed by atoms with Crippen LogP contribution in [0.3, 0.4) is 0 Å². The van der Waals surface area contributed by atoms with Gasteiger partial charge in [-0.25, -0.2) is 0 Å². The van der Waals surface area contributed by atoms with Crippen LogP contribution < -0.4 is 21.3 Å². The van der Waals surface area contributed by atoms with Crippen LogP contribution in [0.25, 0.3) is 0 Å². The van der Waals surface area contributed by atoms with E-state index in [1.807, 2.05) is 34.6 Å². The van der Waals surface area contributed by atoms with Crippen molar-refractivity contribution in [1.82, 2.24) is 55.6 Å². The Bertz CT molecular complexity index is 2610. The van der Waals surface area contributed by atoms with Gasteiger partial charge in [-0.15, -0.1) is 23.2 Å². The van der Waals surface area contributed by atoms with E-state index in [1.54, 1.807) is 27.7 Å². The molecule has 0 aromatic heterocycles. The lowest BCUT2D eigenvalue weighted by Crippen LogP contribution is -2.64. The second kappa shape index (κ2) is 35.5. The maximum atomic E-state index is 15.2. The van der Waals surface area contributed by atoms with Gasteiger partial charge in [0.2, 0.25) is 65.0 Å². The number of halogens is 5. The molecular formula is C66H110Cl2F3N11O11. The molecule has 1 aliphatic heterocycles. The van der Waals surface area contributed by atoms with Crippen LogP contribution in [0.4, 0.5) is 13.2 Å². The highest BCUT2D eigenvalue weighted by Crippen LogP contribution is 2.44. The molecule has 4 fully saturated rings. The third kappa shape index (κ3) is 22.3. The first kappa shape index (κ1) is 80.0. The Hall–Kier alpha value is -5.46. The Kier molecular flexibility index (Phi) is 30.5. The zero-order chi connectivity index (χ0) is 70.3. The van der Waals surface area contributed by atoms with Crippen molar-refractivity contribution in [2.45, 2.75) is 243 Å². The zero-order valence-electron chi connectivity index (χ0n) is 58.1. The topological polar surface area (TPSA) is 259 Å². The van der Waals surface area contributed by atoms with Crippen molar-refractivity contribution in [3.05, 3.63) is 0 Å². The van der Waals surface area contributed by atoms with E-state index in [0.29, 0.717) is 44.9 Å². The SMILES string of the molecule is CC[C@H](C)[C@@H]1NC(=O)[C@H](C(C)C)N(C)C(=O)C[C@@H](C)NC(=O)[C@H](CC(C)C)N(C)C(=O)C2(CCCC2)NC(=O)[C@H](CC(C)C)N(C)C(=O)[C@H](CCC2CCC(C(F)(F)F)C(Cl)C2)NC(=O)CN(C)C(=O)[C@H](CC2CCC(Cl)CC2)N(C)C(=O)CN(C)C(=O)CN(C)C1=O. The van der Waals surface area contributed by atoms with E-state index in [-0.39, 0.29) is 99.7 Å². The molecule has 3 unspecified atom stereocenters. The summed E-state index contributed by atoms with van der Waals surface area (Å²) in [6, 6.07) is -7.90. The molecule has 27 heteroatoms. The number of nitrogens with zero attached hydrogens (tertiary/aromatic N) is 7. The highest BCUT2D eigenvalue weighted by molar-refractivity contribution is 6.21. The Labute approximate surface area is 560 Å². The number of nitrogens with one attached hydrogen (secondary N) is 4. The first-order chi connectivity index (χ1) is 43.2. The predicted molar refractivity (Wildman–Crippen MR) is 350 cm³/mol. The largest absolute Gasteiger partial charge is 0.393 e. The second-order valence-electron chi connectivity index (χ2n) is 28.7. The molecule has 0 bridgehead atoms. The predicted octanol–water partition coefficient (Wildman–Crippen LogP) is 6.32. The van der Waals surface area contributed by atoms with Crippen LogP contribution in [0.2, 0.25) is 0 Å². The van der Waals surface area contributed by atoms with E-state index < -0.39 is 162 Å². The molecule has 1 heterocycles. The molecule has 3 aliphatic carbocycles. The quantitative estimate of drug-likeness (QED) is 0.157. The first-order valence-corrected chi connectivity index (χ1v) is 34.5. The smallest absolute Gasteiger partial charge is 0.351 e. The van der Waals surface area contributed by atoms with E-state index >= 15 is 14.4 Å². The fraction of sp³-hybridized carbons (Fsp3) is 0.833. The van der Waals surface area contributed by atoms with Gasteiger partial charge < -0.3 is 55.6 Å². The van der Waals surface area contributed by atoms with Crippen molar-refractivity contribution in [2.24, 2.45) is 41.4 Å². The standard InChI is InChI=1S/C66H110Cl2F3N11O11/c1-17-41(8)56-63(92)78(12)36-54(85)76(10)37-55(86)79(13)51(34-44-20-24-45(67)25-21-44)62(91)77(11)35-52(83)73-48(27-23-43-22-26-46(47(68)33-43)66(69,70)71)61(90)80(14)50(31-39(4)5)59(88)75-65(28-18-19-29-65)64(93)81(15)49(30-38(2)3)58(87)72-42(9)32-53(84)82(16)57(40(6)7)60(89)74-56/h38-51,56-57H,17-37H2,1-16H3,(H,72,87)(H,73,83)(H,74,89)(H,75,88)/t41-,42+,43?,44?,45?,46?,47?,48-,49-,50-,51-,56-,57-/m0/s1. The highest BCUT2D eigenvalue weighted by Gasteiger charge is 2.50. The van der Waals surface area contributed by atoms with Crippen LogP contribution in [0, 0.1) is 41.4 Å². The molecular weight excluding hydrogens is 1250 g/mol. The lowest BCUT2D eigenvalue weighted by molar-refractivity contribution is -0.182. The number of hydrogen-bond donors (Lipinski definition) is 4. The average molecular weight is 1360 g/mol. The van der Waals surface area contributed by atoms with Crippen molar-refractivity contribution in [1.29, 1.82) is 0 Å². The molecule has 11 atom stereocenters. The average Bonchev–Trinajstić information content (AvgIpc) is 1.77. The summed E-state index contributed by atoms with van der Waals surface area (Å²) in [5, 5.41) is 10.3. The highest BCUT2D eigenvalue weighted by atomic mass is 35.5. The minimum absolute atomic E-state index is 0.00799. The normalized spacial score (nSPS) is 30.2. The number of hydrogen-bond acceptors (Lipinski definition) is 11. The van der Waals surface area contributed by atoms with Gasteiger partial charge in [0.25, 0.3) is 0 Å². The van der Waals surface area contributed by atoms with Crippen LogP contribution in [-0.2, 0) is 52.7 Å². The summed E-state index contributed by atoms with van der Waals surface area (Å²) >= 11 is 12.9. The molecule has 0 aromatic carbocycles. The van der Waals surface area contributed by atoms with Crippen LogP contribution in [0.5, 0.6) is 0 Å². The third-order valence-electron chi connectivity index (χ3n) is 19.8. The van der Waals surface area contributed by atoms with E-state index in [9.17, 15) is 51.5 Å². The number of amides is 11. The van der Waals surface area contributed by atoms with Gasteiger partial charge in [0.15, 0.2) is 0 Å². The van der Waals surface area contributed by atoms with E-state index in [0.717, 1.165) is 14.7 Å². The molecule has 93 heavy (non-hydrogen) atoms. The fourth-order valence-electron chi connectivity index (χ4n) is 13.7. The summed E-state index contributed by atoms with van der Waals surface area (Å²) in [6.45, 7) is 14.5. The van der Waals surface area contributed by atoms with Crippen LogP contribution in [0.15, 0.2) is 0 Å². The lowest BCUT2D eigenvalue weighted by atomic mass is 9.78. The van der Waals surface area contributed by atoms with Gasteiger partial charge in [-0.2, -0.15) is 13.2 Å². The van der Waals surface area contributed by atoms with Crippen molar-refractivity contribution in [3.63, 3.8) is 0 Å². The lowest BCUT2D eigenvalue weighted by Gasteiger charge is -2.39. The molecule has 0 radical (unpaired) electrons. The molecule has 4 rings (SSSR count). The van der Waals surface area contributed by atoms with Crippen LogP contribution in [-0.4, -0.2) is 233 Å². The number of likely N-dealkylation sites (N-methyl/N-ethyl adjacent to an activating group) is 7. The summed E-state index contributed by atoms with van der Waals surface area (Å²) in [4.78, 5) is 169. The number of carbonyl (C=O) groups is 11. The zero-order valence-corrected chi connectivity index (χ0v) is 59.6. The van der Waals surface area contributed by atoms with Crippen molar-refractivity contribution < 1.29 is 65.9 Å². The first-order valence-electron chi connectivity index (χ1n) is 33.6. The van der Waals surface area contributed by atoms with E-state index in [2.05, 4.69) is 21.3 Å². The summed E-state index contributed by atoms with van der Waals surface area (Å²) in [7, 11) is 9.93. The molecule has 530 valence electrons. The van der Waals surface area contributed by atoms with Gasteiger partial charge in [0.1, 0.15) is 41.8 Å². The van der Waals surface area contributed by atoms with Gasteiger partial charge in [0.05, 0.1) is 25.6 Å². The molecule has 1 spiro atoms. The second-order valence-corrected chi connectivity index (χ2v) is 29.8. The van der Waals surface area contributed by atoms with Crippen molar-refractivity contribution >= 4 is 88.2 Å². The Balaban J connectivity index is 1.83. The fourth-order valence-corrected chi connectivity index (χ4v) is 14.5. The Morgan fingerprint density at radius 3 is 1.66 bits per heavy atom. The molecule has 11 amide bonds. The van der Waals surface area contributed by atoms with Gasteiger partial charge in [-0.1, -0.05) is 74.7 Å². The van der Waals surface area contributed by atoms with Gasteiger partial charge >= 0.3 is 6.18 Å². The Morgan fingerprint density at radius 2 is 1.12 bits per heavy atom. The third-order valence-corrected chi connectivity index (χ3v) is 20.7. The monoisotopic (exact) mass is 1360 g/mol. The van der Waals surface area contributed by atoms with E-state index in [1.165, 1.54) is 68.9 Å². The number of carbonyl (C=O) groups excluding carboxylic acids is 11. The summed E-state index contributed by atoms with van der Waals surface area (Å²) in [5.74, 6) is -10.3. The number of rotatable bonds is 12. The molecule has 3 saturated carbocycles. The van der Waals surface area contributed by atoms with Gasteiger partial charge in [-0.05, 0) is 132 Å². The molecule has 0 aromatic rings. The van der Waals surface area contributed by atoms with Gasteiger partial charge in [-0.3, -0.25) is 52.7 Å². The van der Waals surface area contributed by atoms with E-state index in [4.69, 9.17) is 23.2 Å². The van der Waals surface area contributed by atoms with Crippen molar-refractivity contribution in [3.8, 4) is 0 Å². The molecule has 1 saturated heterocycles. The minimum atomic E-state index is -4.51. The summed E-state index contributed by atoms with van der Waals surface area (Å²) in [5.41, 5.74) is -1.52. The summed E-state index contributed by atoms with van der Waals surface area (Å²) < 4.78 is 41.9. The summed E-state index contributed by atoms with van der Waals surface area (Å²) in [6.07, 6.45) is 0.209. The maximum Gasteiger partial charge on any atom is 0.393 e. The molecule has 4 N–H and O–H groups in total. The Morgan fingerprint density at radius 1 is 0.570 bits per heavy atom. The van der Waals surface area contributed by atoms with Crippen LogP contribution >= 0.6 is 23.2 Å². The minimum Gasteiger partial charge on any atom is -0.351 e. The van der Waals surface area contributed by atoms with Crippen molar-refractivity contribution in [2.75, 3.05) is 69.0 Å². The molecule has 4 aliphatic rings. The van der Waals surface area contributed by atoms with Gasteiger partial charge in [0, 0.05) is 72.6 Å².